The van der Waals surface area contributed by atoms with Gasteiger partial charge in [-0.3, -0.25) is 9.59 Å². The molecule has 0 saturated heterocycles. The molecule has 3 aromatic rings. The molecule has 1 N–H and O–H groups in total. The Morgan fingerprint density at radius 2 is 1.65 bits per heavy atom. The molecule has 1 heterocycles. The highest BCUT2D eigenvalue weighted by molar-refractivity contribution is 14.1. The van der Waals surface area contributed by atoms with Crippen molar-refractivity contribution in [2.75, 3.05) is 23.4 Å². The van der Waals surface area contributed by atoms with Crippen molar-refractivity contribution >= 4 is 63.3 Å². The van der Waals surface area contributed by atoms with Crippen LogP contribution >= 0.6 is 34.4 Å². The number of ether oxygens (including phenoxy) is 1. The van der Waals surface area contributed by atoms with Crippen LogP contribution in [0.1, 0.15) is 12.0 Å². The Morgan fingerprint density at radius 1 is 1.00 bits per heavy atom. The predicted octanol–water partition coefficient (Wildman–Crippen LogP) is 5.77. The highest BCUT2D eigenvalue weighted by Gasteiger charge is 2.23. The molecule has 5 nitrogen and oxygen atoms in total. The fraction of sp³-hybridized carbons (Fsp3) is 0.167. The monoisotopic (exact) mass is 544 g/mol. The van der Waals surface area contributed by atoms with Gasteiger partial charge >= 0.3 is 5.97 Å². The lowest BCUT2D eigenvalue weighted by Gasteiger charge is -2.32. The number of nitrogens with one attached hydrogen (secondary N) is 1. The van der Waals surface area contributed by atoms with Gasteiger partial charge < -0.3 is 15.0 Å². The average Bonchev–Trinajstić information content (AvgIpc) is 2.77. The first-order valence-electron chi connectivity index (χ1n) is 9.86. The van der Waals surface area contributed by atoms with Crippen molar-refractivity contribution in [3.63, 3.8) is 0 Å². The fourth-order valence-corrected chi connectivity index (χ4v) is 5.14. The maximum absolute atomic E-state index is 12.3. The Hall–Kier alpha value is -2.52. The van der Waals surface area contributed by atoms with E-state index in [2.05, 4.69) is 57.1 Å². The smallest absolute Gasteiger partial charge is 0.308 e. The summed E-state index contributed by atoms with van der Waals surface area (Å²) in [5, 5.41) is 2.79. The zero-order valence-electron chi connectivity index (χ0n) is 16.9. The summed E-state index contributed by atoms with van der Waals surface area (Å²) in [6.07, 6.45) is 0.184. The summed E-state index contributed by atoms with van der Waals surface area (Å²) in [6.45, 7) is 2.11. The predicted molar refractivity (Wildman–Crippen MR) is 132 cm³/mol. The number of carbonyl (C=O) groups is 2. The van der Waals surface area contributed by atoms with Crippen LogP contribution in [0.5, 0.6) is 0 Å². The second-order valence-corrected chi connectivity index (χ2v) is 9.44. The molecule has 1 amide bonds. The van der Waals surface area contributed by atoms with Crippen molar-refractivity contribution < 1.29 is 14.3 Å². The van der Waals surface area contributed by atoms with E-state index in [0.29, 0.717) is 6.54 Å². The number of aryl methyl sites for hydroxylation is 1. The van der Waals surface area contributed by atoms with Crippen LogP contribution < -0.4 is 10.2 Å². The molecule has 1 aliphatic heterocycles. The maximum atomic E-state index is 12.3. The van der Waals surface area contributed by atoms with E-state index in [1.54, 1.807) is 11.8 Å². The first-order chi connectivity index (χ1) is 15.0. The van der Waals surface area contributed by atoms with Crippen molar-refractivity contribution in [2.45, 2.75) is 23.1 Å². The van der Waals surface area contributed by atoms with E-state index in [1.165, 1.54) is 0 Å². The van der Waals surface area contributed by atoms with Gasteiger partial charge in [0.05, 0.1) is 17.8 Å². The number of anilines is 3. The average molecular weight is 544 g/mol. The van der Waals surface area contributed by atoms with Gasteiger partial charge in [-0.1, -0.05) is 36.0 Å². The minimum atomic E-state index is -0.400. The first-order valence-corrected chi connectivity index (χ1v) is 11.8. The zero-order chi connectivity index (χ0) is 21.8. The van der Waals surface area contributed by atoms with Gasteiger partial charge in [-0.15, -0.1) is 0 Å². The molecule has 0 saturated carbocycles. The molecule has 1 aliphatic rings. The van der Waals surface area contributed by atoms with Crippen LogP contribution in [0, 0.1) is 10.5 Å². The summed E-state index contributed by atoms with van der Waals surface area (Å²) < 4.78 is 6.32. The molecular formula is C24H21IN2O3S. The van der Waals surface area contributed by atoms with Crippen molar-refractivity contribution in [1.29, 1.82) is 0 Å². The largest absolute Gasteiger partial charge is 0.456 e. The molecule has 31 heavy (non-hydrogen) atoms. The van der Waals surface area contributed by atoms with Crippen LogP contribution in [0.2, 0.25) is 0 Å². The van der Waals surface area contributed by atoms with E-state index in [1.807, 2.05) is 49.4 Å². The summed E-state index contributed by atoms with van der Waals surface area (Å²) in [5.41, 5.74) is 3.84. The quantitative estimate of drug-likeness (QED) is 0.315. The number of hydrogen-bond acceptors (Lipinski definition) is 5. The second kappa shape index (κ2) is 9.74. The van der Waals surface area contributed by atoms with Gasteiger partial charge in [0, 0.05) is 25.6 Å². The summed E-state index contributed by atoms with van der Waals surface area (Å²) in [6, 6.07) is 22.0. The molecular weight excluding hydrogens is 523 g/mol. The third-order valence-corrected chi connectivity index (χ3v) is 6.70. The lowest BCUT2D eigenvalue weighted by molar-refractivity contribution is -0.147. The van der Waals surface area contributed by atoms with E-state index in [4.69, 9.17) is 4.74 Å². The number of fused-ring (bicyclic) bond motifs is 2. The minimum absolute atomic E-state index is 0.184. The molecule has 4 rings (SSSR count). The molecule has 158 valence electrons. The Morgan fingerprint density at radius 3 is 2.29 bits per heavy atom. The minimum Gasteiger partial charge on any atom is -0.456 e. The van der Waals surface area contributed by atoms with Gasteiger partial charge in [0.1, 0.15) is 0 Å². The molecule has 0 spiro atoms. The van der Waals surface area contributed by atoms with Crippen LogP contribution in [-0.2, 0) is 14.3 Å². The molecule has 0 aromatic heterocycles. The number of amides is 1. The zero-order valence-corrected chi connectivity index (χ0v) is 19.9. The van der Waals surface area contributed by atoms with Crippen LogP contribution in [0.15, 0.2) is 76.5 Å². The molecule has 0 bridgehead atoms. The van der Waals surface area contributed by atoms with Gasteiger partial charge in [-0.05, 0) is 77.5 Å². The molecule has 0 aliphatic carbocycles. The number of hydrogen-bond donors (Lipinski definition) is 1. The molecule has 0 atom stereocenters. The summed E-state index contributed by atoms with van der Waals surface area (Å²) in [5.74, 6) is -0.745. The molecule has 0 radical (unpaired) electrons. The van der Waals surface area contributed by atoms with Crippen molar-refractivity contribution in [2.24, 2.45) is 0 Å². The molecule has 7 heteroatoms. The molecule has 3 aromatic carbocycles. The summed E-state index contributed by atoms with van der Waals surface area (Å²) in [7, 11) is 0. The van der Waals surface area contributed by atoms with Crippen LogP contribution in [0.3, 0.4) is 0 Å². The van der Waals surface area contributed by atoms with E-state index in [-0.39, 0.29) is 18.9 Å². The van der Waals surface area contributed by atoms with E-state index >= 15 is 0 Å². The third-order valence-electron chi connectivity index (χ3n) is 4.90. The van der Waals surface area contributed by atoms with E-state index < -0.39 is 5.97 Å². The Bertz CT molecular complexity index is 1090. The van der Waals surface area contributed by atoms with Gasteiger partial charge in [0.15, 0.2) is 6.61 Å². The van der Waals surface area contributed by atoms with Gasteiger partial charge in [-0.2, -0.15) is 0 Å². The van der Waals surface area contributed by atoms with Crippen LogP contribution in [0.4, 0.5) is 17.1 Å². The van der Waals surface area contributed by atoms with Gasteiger partial charge in [0.2, 0.25) is 0 Å². The van der Waals surface area contributed by atoms with Crippen LogP contribution in [0.25, 0.3) is 0 Å². The van der Waals surface area contributed by atoms with E-state index in [0.717, 1.165) is 36.0 Å². The maximum Gasteiger partial charge on any atom is 0.308 e. The Labute approximate surface area is 199 Å². The molecule has 0 fully saturated rings. The van der Waals surface area contributed by atoms with Gasteiger partial charge in [0.25, 0.3) is 5.91 Å². The topological polar surface area (TPSA) is 58.6 Å². The van der Waals surface area contributed by atoms with Gasteiger partial charge in [-0.25, -0.2) is 0 Å². The Kier molecular flexibility index (Phi) is 6.82. The summed E-state index contributed by atoms with van der Waals surface area (Å²) in [4.78, 5) is 29.0. The second-order valence-electron chi connectivity index (χ2n) is 7.11. The normalized spacial score (nSPS) is 12.0. The first kappa shape index (κ1) is 21.7. The highest BCUT2D eigenvalue weighted by atomic mass is 127. The fourth-order valence-electron chi connectivity index (χ4n) is 3.40. The number of esters is 1. The number of halogens is 1. The number of para-hydroxylation sites is 2. The van der Waals surface area contributed by atoms with E-state index in [9.17, 15) is 9.59 Å². The number of nitrogens with zero attached hydrogens (tertiary/aromatic N) is 1. The summed E-state index contributed by atoms with van der Waals surface area (Å²) >= 11 is 3.95. The number of carbonyl (C=O) groups excluding carboxylic acids is 2. The van der Waals surface area contributed by atoms with Crippen molar-refractivity contribution in [3.05, 3.63) is 75.9 Å². The lowest BCUT2D eigenvalue weighted by atomic mass is 10.2. The number of benzene rings is 3. The highest BCUT2D eigenvalue weighted by Crippen LogP contribution is 2.47. The molecule has 0 unspecified atom stereocenters. The number of rotatable bonds is 6. The third kappa shape index (κ3) is 5.22. The van der Waals surface area contributed by atoms with Crippen LogP contribution in [-0.4, -0.2) is 25.0 Å². The Balaban J connectivity index is 1.34. The van der Waals surface area contributed by atoms with Crippen molar-refractivity contribution in [1.82, 2.24) is 0 Å². The van der Waals surface area contributed by atoms with Crippen molar-refractivity contribution in [3.8, 4) is 0 Å². The standard InChI is InChI=1S/C24H21IN2O3S/c1-16-14-17(25)10-11-18(16)26-23(28)15-30-24(29)12-13-27-19-6-2-4-8-21(19)31-22-9-5-3-7-20(22)27/h2-11,14H,12-13,15H2,1H3,(H,26,28). The SMILES string of the molecule is Cc1cc(I)ccc1NC(=O)COC(=O)CCN1c2ccccc2Sc2ccccc21. The lowest BCUT2D eigenvalue weighted by Crippen LogP contribution is -2.26.